The van der Waals surface area contributed by atoms with Crippen LogP contribution in [0.15, 0.2) is 24.3 Å². The quantitative estimate of drug-likeness (QED) is 0.440. The molecule has 28 heavy (non-hydrogen) atoms. The van der Waals surface area contributed by atoms with Crippen molar-refractivity contribution >= 4 is 23.7 Å². The van der Waals surface area contributed by atoms with Crippen LogP contribution < -0.4 is 5.32 Å². The fourth-order valence-electron chi connectivity index (χ4n) is 4.09. The molecule has 1 aliphatic heterocycles. The Kier molecular flexibility index (Phi) is 6.44. The van der Waals surface area contributed by atoms with E-state index < -0.39 is 0 Å². The highest BCUT2D eigenvalue weighted by atomic mass is 16.5. The molecular weight excluding hydrogens is 360 g/mol. The lowest BCUT2D eigenvalue weighted by molar-refractivity contribution is -0.141. The summed E-state index contributed by atoms with van der Waals surface area (Å²) in [4.78, 5) is 50.3. The number of rotatable bonds is 7. The van der Waals surface area contributed by atoms with Gasteiger partial charge in [-0.3, -0.25) is 24.1 Å². The van der Waals surface area contributed by atoms with Crippen LogP contribution in [-0.4, -0.2) is 48.8 Å². The standard InChI is InChI=1S/C21H26N2O5/c1-28-18(24)11-6-12-22-19(25)15-8-3-2-7-14(15)13-23-20(26)16-9-4-5-10-17(16)21(23)27/h4-5,9-10,14-15H,2-3,6-8,11-13H2,1H3,(H,22,25). The third-order valence-corrected chi connectivity index (χ3v) is 5.63. The van der Waals surface area contributed by atoms with Crippen molar-refractivity contribution in [2.75, 3.05) is 20.2 Å². The first kappa shape index (κ1) is 20.0. The van der Waals surface area contributed by atoms with Crippen molar-refractivity contribution in [2.45, 2.75) is 38.5 Å². The molecule has 2 unspecified atom stereocenters. The number of hydrogen-bond donors (Lipinski definition) is 1. The SMILES string of the molecule is COC(=O)CCCNC(=O)C1CCCCC1CN1C(=O)c2ccccc2C1=O. The van der Waals surface area contributed by atoms with Crippen LogP contribution in [-0.2, 0) is 14.3 Å². The highest BCUT2D eigenvalue weighted by Gasteiger charge is 2.39. The molecule has 3 amide bonds. The average molecular weight is 386 g/mol. The molecule has 3 rings (SSSR count). The molecule has 0 spiro atoms. The molecule has 1 aromatic rings. The Morgan fingerprint density at radius 2 is 1.75 bits per heavy atom. The number of imide groups is 1. The number of carbonyl (C=O) groups excluding carboxylic acids is 4. The van der Waals surface area contributed by atoms with Gasteiger partial charge in [-0.2, -0.15) is 0 Å². The van der Waals surface area contributed by atoms with E-state index in [1.54, 1.807) is 24.3 Å². The summed E-state index contributed by atoms with van der Waals surface area (Å²) >= 11 is 0. The van der Waals surface area contributed by atoms with Crippen molar-refractivity contribution < 1.29 is 23.9 Å². The predicted molar refractivity (Wildman–Crippen MR) is 102 cm³/mol. The van der Waals surface area contributed by atoms with Crippen LogP contribution >= 0.6 is 0 Å². The molecule has 7 nitrogen and oxygen atoms in total. The van der Waals surface area contributed by atoms with Crippen molar-refractivity contribution in [3.05, 3.63) is 35.4 Å². The van der Waals surface area contributed by atoms with E-state index in [2.05, 4.69) is 10.1 Å². The smallest absolute Gasteiger partial charge is 0.305 e. The number of esters is 1. The Balaban J connectivity index is 1.59. The van der Waals surface area contributed by atoms with Crippen LogP contribution in [0.4, 0.5) is 0 Å². The minimum atomic E-state index is -0.296. The van der Waals surface area contributed by atoms with Crippen LogP contribution in [0, 0.1) is 11.8 Å². The number of fused-ring (bicyclic) bond motifs is 1. The van der Waals surface area contributed by atoms with Crippen LogP contribution in [0.5, 0.6) is 0 Å². The van der Waals surface area contributed by atoms with E-state index in [4.69, 9.17) is 0 Å². The van der Waals surface area contributed by atoms with Gasteiger partial charge >= 0.3 is 5.97 Å². The number of nitrogens with zero attached hydrogens (tertiary/aromatic N) is 1. The lowest BCUT2D eigenvalue weighted by atomic mass is 9.78. The zero-order valence-corrected chi connectivity index (χ0v) is 16.1. The zero-order chi connectivity index (χ0) is 20.1. The molecule has 1 saturated carbocycles. The third kappa shape index (κ3) is 4.24. The Morgan fingerprint density at radius 1 is 1.11 bits per heavy atom. The van der Waals surface area contributed by atoms with Gasteiger partial charge in [-0.1, -0.05) is 25.0 Å². The van der Waals surface area contributed by atoms with Gasteiger partial charge in [-0.15, -0.1) is 0 Å². The molecule has 0 aromatic heterocycles. The van der Waals surface area contributed by atoms with Crippen LogP contribution in [0.1, 0.15) is 59.2 Å². The summed E-state index contributed by atoms with van der Waals surface area (Å²) in [5.41, 5.74) is 0.874. The fourth-order valence-corrected chi connectivity index (χ4v) is 4.09. The van der Waals surface area contributed by atoms with Gasteiger partial charge in [0.25, 0.3) is 11.8 Å². The summed E-state index contributed by atoms with van der Waals surface area (Å²) in [6.45, 7) is 0.677. The number of amides is 3. The van der Waals surface area contributed by atoms with Gasteiger partial charge in [0.05, 0.1) is 18.2 Å². The number of ether oxygens (including phenoxy) is 1. The Labute approximate surface area is 164 Å². The topological polar surface area (TPSA) is 92.8 Å². The summed E-state index contributed by atoms with van der Waals surface area (Å²) in [5, 5.41) is 2.89. The molecule has 0 radical (unpaired) electrons. The van der Waals surface area contributed by atoms with Gasteiger partial charge in [0.2, 0.25) is 5.91 Å². The Hall–Kier alpha value is -2.70. The van der Waals surface area contributed by atoms with Gasteiger partial charge in [0.1, 0.15) is 0 Å². The van der Waals surface area contributed by atoms with E-state index in [-0.39, 0.29) is 48.5 Å². The van der Waals surface area contributed by atoms with Crippen molar-refractivity contribution in [1.82, 2.24) is 10.2 Å². The van der Waals surface area contributed by atoms with E-state index in [0.29, 0.717) is 24.1 Å². The minimum Gasteiger partial charge on any atom is -0.469 e. The molecule has 1 aromatic carbocycles. The third-order valence-electron chi connectivity index (χ3n) is 5.63. The lowest BCUT2D eigenvalue weighted by Crippen LogP contribution is -2.43. The lowest BCUT2D eigenvalue weighted by Gasteiger charge is -2.32. The molecule has 7 heteroatoms. The molecule has 0 saturated heterocycles. The largest absolute Gasteiger partial charge is 0.469 e. The Bertz CT molecular complexity index is 741. The van der Waals surface area contributed by atoms with E-state index in [1.807, 2.05) is 0 Å². The first-order chi connectivity index (χ1) is 13.5. The fraction of sp³-hybridized carbons (Fsp3) is 0.524. The van der Waals surface area contributed by atoms with Crippen molar-refractivity contribution in [3.63, 3.8) is 0 Å². The Morgan fingerprint density at radius 3 is 2.39 bits per heavy atom. The summed E-state index contributed by atoms with van der Waals surface area (Å²) in [6, 6.07) is 6.83. The van der Waals surface area contributed by atoms with Crippen LogP contribution in [0.2, 0.25) is 0 Å². The molecule has 0 bridgehead atoms. The minimum absolute atomic E-state index is 0.0448. The second kappa shape index (κ2) is 8.99. The molecule has 1 heterocycles. The van der Waals surface area contributed by atoms with E-state index in [0.717, 1.165) is 25.7 Å². The second-order valence-electron chi connectivity index (χ2n) is 7.39. The highest BCUT2D eigenvalue weighted by Crippen LogP contribution is 2.33. The predicted octanol–water partition coefficient (Wildman–Crippen LogP) is 2.16. The maximum absolute atomic E-state index is 12.7. The summed E-state index contributed by atoms with van der Waals surface area (Å²) in [7, 11) is 1.34. The van der Waals surface area contributed by atoms with E-state index in [9.17, 15) is 19.2 Å². The van der Waals surface area contributed by atoms with Crippen LogP contribution in [0.25, 0.3) is 0 Å². The van der Waals surface area contributed by atoms with Crippen LogP contribution in [0.3, 0.4) is 0 Å². The number of benzene rings is 1. The van der Waals surface area contributed by atoms with Crippen molar-refractivity contribution in [2.24, 2.45) is 11.8 Å². The molecule has 1 aliphatic carbocycles. The maximum atomic E-state index is 12.7. The number of carbonyl (C=O) groups is 4. The van der Waals surface area contributed by atoms with Gasteiger partial charge in [-0.05, 0) is 37.3 Å². The summed E-state index contributed by atoms with van der Waals surface area (Å²) < 4.78 is 4.59. The first-order valence-electron chi connectivity index (χ1n) is 9.82. The first-order valence-corrected chi connectivity index (χ1v) is 9.82. The van der Waals surface area contributed by atoms with Gasteiger partial charge < -0.3 is 10.1 Å². The highest BCUT2D eigenvalue weighted by molar-refractivity contribution is 6.21. The molecular formula is C21H26N2O5. The number of hydrogen-bond acceptors (Lipinski definition) is 5. The summed E-state index contributed by atoms with van der Waals surface area (Å²) in [6.07, 6.45) is 4.29. The summed E-state index contributed by atoms with van der Waals surface area (Å²) in [5.74, 6) is -1.18. The zero-order valence-electron chi connectivity index (χ0n) is 16.1. The van der Waals surface area contributed by atoms with E-state index in [1.165, 1.54) is 12.0 Å². The molecule has 2 atom stereocenters. The van der Waals surface area contributed by atoms with E-state index >= 15 is 0 Å². The molecule has 1 N–H and O–H groups in total. The second-order valence-corrected chi connectivity index (χ2v) is 7.39. The van der Waals surface area contributed by atoms with Gasteiger partial charge in [-0.25, -0.2) is 0 Å². The number of nitrogens with one attached hydrogen (secondary N) is 1. The molecule has 2 aliphatic rings. The van der Waals surface area contributed by atoms with Gasteiger partial charge in [0.15, 0.2) is 0 Å². The molecule has 1 fully saturated rings. The van der Waals surface area contributed by atoms with Gasteiger partial charge in [0, 0.05) is 25.4 Å². The van der Waals surface area contributed by atoms with Crippen molar-refractivity contribution in [3.8, 4) is 0 Å². The number of methoxy groups -OCH3 is 1. The monoisotopic (exact) mass is 386 g/mol. The van der Waals surface area contributed by atoms with Crippen molar-refractivity contribution in [1.29, 1.82) is 0 Å². The molecule has 150 valence electrons. The normalized spacial score (nSPS) is 21.4. The average Bonchev–Trinajstić information content (AvgIpc) is 2.96. The maximum Gasteiger partial charge on any atom is 0.305 e.